The number of nitrogen functional groups attached to an aromatic ring is 1. The number of anilines is 3. The fraction of sp³-hybridized carbons (Fsp3) is 0.250. The molecule has 0 saturated heterocycles. The van der Waals surface area contributed by atoms with Gasteiger partial charge in [-0.2, -0.15) is 0 Å². The van der Waals surface area contributed by atoms with E-state index in [4.69, 9.17) is 22.1 Å². The van der Waals surface area contributed by atoms with Gasteiger partial charge in [0, 0.05) is 12.1 Å². The minimum atomic E-state index is -0.484. The molecule has 0 aliphatic carbocycles. The Morgan fingerprint density at radius 1 is 1.19 bits per heavy atom. The van der Waals surface area contributed by atoms with Crippen LogP contribution in [-0.4, -0.2) is 6.10 Å². The van der Waals surface area contributed by atoms with Crippen LogP contribution in [0.5, 0.6) is 5.75 Å². The van der Waals surface area contributed by atoms with Crippen LogP contribution in [-0.2, 0) is 0 Å². The van der Waals surface area contributed by atoms with Gasteiger partial charge in [0.25, 0.3) is 0 Å². The van der Waals surface area contributed by atoms with E-state index < -0.39 is 5.82 Å². The minimum Gasteiger partial charge on any atom is -0.488 e. The second kappa shape index (κ2) is 6.22. The van der Waals surface area contributed by atoms with Crippen molar-refractivity contribution >= 4 is 28.7 Å². The van der Waals surface area contributed by atoms with E-state index in [1.54, 1.807) is 12.1 Å². The first-order valence-electron chi connectivity index (χ1n) is 6.65. The van der Waals surface area contributed by atoms with Crippen LogP contribution in [0.2, 0.25) is 5.02 Å². The summed E-state index contributed by atoms with van der Waals surface area (Å²) in [6.45, 7) is 5.63. The summed E-state index contributed by atoms with van der Waals surface area (Å²) in [7, 11) is 0. The smallest absolute Gasteiger partial charge is 0.167 e. The Kier molecular flexibility index (Phi) is 4.58. The Hall–Kier alpha value is -1.94. The molecule has 0 heterocycles. The minimum absolute atomic E-state index is 0.126. The first-order valence-corrected chi connectivity index (χ1v) is 7.03. The lowest BCUT2D eigenvalue weighted by Crippen LogP contribution is -2.08. The molecule has 2 aromatic rings. The summed E-state index contributed by atoms with van der Waals surface area (Å²) < 4.78 is 19.2. The van der Waals surface area contributed by atoms with Gasteiger partial charge in [0.05, 0.1) is 28.2 Å². The third-order valence-corrected chi connectivity index (χ3v) is 3.19. The number of hydrogen-bond donors (Lipinski definition) is 2. The standard InChI is InChI=1S/C16H18ClFN2O/c1-9(2)21-16-8-15(13(19)7-12(16)18)20-14-6-10(3)4-5-11(14)17/h4-9,20H,19H2,1-3H3. The van der Waals surface area contributed by atoms with E-state index in [2.05, 4.69) is 5.32 Å². The van der Waals surface area contributed by atoms with Crippen LogP contribution in [0, 0.1) is 12.7 Å². The maximum Gasteiger partial charge on any atom is 0.167 e. The summed E-state index contributed by atoms with van der Waals surface area (Å²) in [4.78, 5) is 0. The summed E-state index contributed by atoms with van der Waals surface area (Å²) in [5, 5.41) is 3.68. The molecule has 0 atom stereocenters. The zero-order valence-electron chi connectivity index (χ0n) is 12.2. The third-order valence-electron chi connectivity index (χ3n) is 2.86. The predicted octanol–water partition coefficient (Wildman–Crippen LogP) is 4.90. The molecule has 112 valence electrons. The SMILES string of the molecule is Cc1ccc(Cl)c(Nc2cc(OC(C)C)c(F)cc2N)c1. The van der Waals surface area contributed by atoms with Crippen LogP contribution in [0.25, 0.3) is 0 Å². The molecule has 0 aliphatic heterocycles. The monoisotopic (exact) mass is 308 g/mol. The lowest BCUT2D eigenvalue weighted by atomic mass is 10.2. The number of nitrogens with two attached hydrogens (primary N) is 1. The quantitative estimate of drug-likeness (QED) is 0.790. The average molecular weight is 309 g/mol. The largest absolute Gasteiger partial charge is 0.488 e. The molecule has 3 N–H and O–H groups in total. The van der Waals surface area contributed by atoms with Crippen LogP contribution < -0.4 is 15.8 Å². The van der Waals surface area contributed by atoms with Crippen LogP contribution in [0.15, 0.2) is 30.3 Å². The van der Waals surface area contributed by atoms with Crippen molar-refractivity contribution in [3.63, 3.8) is 0 Å². The number of rotatable bonds is 4. The summed E-state index contributed by atoms with van der Waals surface area (Å²) in [6.07, 6.45) is -0.126. The first-order chi connectivity index (χ1) is 9.86. The van der Waals surface area contributed by atoms with Gasteiger partial charge in [0.2, 0.25) is 0 Å². The van der Waals surface area contributed by atoms with Crippen molar-refractivity contribution in [1.29, 1.82) is 0 Å². The molecule has 0 aliphatic rings. The van der Waals surface area contributed by atoms with Gasteiger partial charge in [0.1, 0.15) is 0 Å². The average Bonchev–Trinajstić information content (AvgIpc) is 2.39. The van der Waals surface area contributed by atoms with Crippen molar-refractivity contribution in [2.45, 2.75) is 26.9 Å². The maximum atomic E-state index is 13.8. The lowest BCUT2D eigenvalue weighted by molar-refractivity contribution is 0.231. The zero-order chi connectivity index (χ0) is 15.6. The highest BCUT2D eigenvalue weighted by molar-refractivity contribution is 6.33. The van der Waals surface area contributed by atoms with Crippen molar-refractivity contribution in [1.82, 2.24) is 0 Å². The second-order valence-electron chi connectivity index (χ2n) is 5.14. The van der Waals surface area contributed by atoms with Gasteiger partial charge in [-0.15, -0.1) is 0 Å². The molecule has 3 nitrogen and oxygen atoms in total. The highest BCUT2D eigenvalue weighted by Crippen LogP contribution is 2.33. The molecule has 0 amide bonds. The first kappa shape index (κ1) is 15.4. The molecule has 2 rings (SSSR count). The van der Waals surface area contributed by atoms with E-state index in [-0.39, 0.29) is 11.9 Å². The van der Waals surface area contributed by atoms with Gasteiger partial charge in [-0.25, -0.2) is 4.39 Å². The second-order valence-corrected chi connectivity index (χ2v) is 5.55. The van der Waals surface area contributed by atoms with Crippen LogP contribution >= 0.6 is 11.6 Å². The Morgan fingerprint density at radius 3 is 2.57 bits per heavy atom. The van der Waals surface area contributed by atoms with E-state index in [1.807, 2.05) is 32.9 Å². The number of ether oxygens (including phenoxy) is 1. The van der Waals surface area contributed by atoms with Gasteiger partial charge < -0.3 is 15.8 Å². The third kappa shape index (κ3) is 3.79. The molecule has 0 radical (unpaired) electrons. The van der Waals surface area contributed by atoms with Gasteiger partial charge >= 0.3 is 0 Å². The highest BCUT2D eigenvalue weighted by Gasteiger charge is 2.12. The van der Waals surface area contributed by atoms with Gasteiger partial charge in [-0.1, -0.05) is 17.7 Å². The van der Waals surface area contributed by atoms with Gasteiger partial charge in [-0.3, -0.25) is 0 Å². The number of halogens is 2. The van der Waals surface area contributed by atoms with E-state index in [9.17, 15) is 4.39 Å². The molecule has 21 heavy (non-hydrogen) atoms. The van der Waals surface area contributed by atoms with Gasteiger partial charge in [-0.05, 0) is 38.5 Å². The summed E-state index contributed by atoms with van der Waals surface area (Å²) in [5.41, 5.74) is 8.47. The molecule has 0 fully saturated rings. The van der Waals surface area contributed by atoms with Crippen LogP contribution in [0.3, 0.4) is 0 Å². The molecule has 0 saturated carbocycles. The van der Waals surface area contributed by atoms with Crippen molar-refractivity contribution in [2.75, 3.05) is 11.1 Å². The van der Waals surface area contributed by atoms with Crippen molar-refractivity contribution in [3.8, 4) is 5.75 Å². The van der Waals surface area contributed by atoms with Gasteiger partial charge in [0.15, 0.2) is 11.6 Å². The fourth-order valence-corrected chi connectivity index (χ4v) is 2.07. The van der Waals surface area contributed by atoms with Crippen molar-refractivity contribution in [2.24, 2.45) is 0 Å². The molecule has 5 heteroatoms. The van der Waals surface area contributed by atoms with Crippen LogP contribution in [0.4, 0.5) is 21.5 Å². The number of benzene rings is 2. The fourth-order valence-electron chi connectivity index (χ4n) is 1.90. The maximum absolute atomic E-state index is 13.8. The van der Waals surface area contributed by atoms with Crippen molar-refractivity contribution < 1.29 is 9.13 Å². The number of hydrogen-bond acceptors (Lipinski definition) is 3. The molecule has 0 aromatic heterocycles. The molecule has 0 unspecified atom stereocenters. The molecule has 2 aromatic carbocycles. The zero-order valence-corrected chi connectivity index (χ0v) is 13.0. The summed E-state index contributed by atoms with van der Waals surface area (Å²) in [6, 6.07) is 8.39. The summed E-state index contributed by atoms with van der Waals surface area (Å²) in [5.74, 6) is -0.326. The molecule has 0 bridgehead atoms. The molecule has 0 spiro atoms. The van der Waals surface area contributed by atoms with E-state index >= 15 is 0 Å². The van der Waals surface area contributed by atoms with E-state index in [1.165, 1.54) is 6.07 Å². The number of nitrogens with one attached hydrogen (secondary N) is 1. The van der Waals surface area contributed by atoms with Crippen LogP contribution in [0.1, 0.15) is 19.4 Å². The number of aryl methyl sites for hydroxylation is 1. The normalized spacial score (nSPS) is 10.8. The predicted molar refractivity (Wildman–Crippen MR) is 86.0 cm³/mol. The Morgan fingerprint density at radius 2 is 1.90 bits per heavy atom. The van der Waals surface area contributed by atoms with E-state index in [0.717, 1.165) is 5.56 Å². The molecular formula is C16H18ClFN2O. The van der Waals surface area contributed by atoms with Crippen molar-refractivity contribution in [3.05, 3.63) is 46.7 Å². The lowest BCUT2D eigenvalue weighted by Gasteiger charge is -2.16. The Bertz CT molecular complexity index is 659. The summed E-state index contributed by atoms with van der Waals surface area (Å²) >= 11 is 6.15. The highest BCUT2D eigenvalue weighted by atomic mass is 35.5. The topological polar surface area (TPSA) is 47.3 Å². The Balaban J connectivity index is 2.37. The molecular weight excluding hydrogens is 291 g/mol. The Labute approximate surface area is 128 Å². The van der Waals surface area contributed by atoms with E-state index in [0.29, 0.717) is 22.1 Å².